The molecule has 15 rings (SSSR count). The Morgan fingerprint density at radius 3 is 1.92 bits per heavy atom. The van der Waals surface area contributed by atoms with Crippen LogP contribution in [0.2, 0.25) is 0 Å². The molecule has 9 aromatic carbocycles. The summed E-state index contributed by atoms with van der Waals surface area (Å²) in [4.78, 5) is 2.59. The lowest BCUT2D eigenvalue weighted by Crippen LogP contribution is -2.60. The van der Waals surface area contributed by atoms with Crippen LogP contribution in [0.25, 0.3) is 97.1 Å². The number of rotatable bonds is 2. The fourth-order valence-electron chi connectivity index (χ4n) is 12.4. The predicted octanol–water partition coefficient (Wildman–Crippen LogP) is 14.6. The van der Waals surface area contributed by atoms with Gasteiger partial charge in [-0.1, -0.05) is 139 Å². The number of anilines is 3. The van der Waals surface area contributed by atoms with Crippen molar-refractivity contribution in [3.8, 4) is 22.5 Å². The SMILES string of the molecule is CC(C)(C)c1ccc(N2c3ccc(C(C)(C)C)cc3B3c4c2cc(-n2c5ccc6cccc7c6c5c5c6c(ccc52)sc2cccc-7c26)cc4-n2c4ccccc4c4cccc3c42)cc1. The molecule has 0 radical (unpaired) electrons. The highest BCUT2D eigenvalue weighted by Crippen LogP contribution is 2.53. The lowest BCUT2D eigenvalue weighted by atomic mass is 9.33. The summed E-state index contributed by atoms with van der Waals surface area (Å²) in [5, 5.41) is 10.7. The molecule has 0 N–H and O–H groups in total. The molecule has 5 heterocycles. The van der Waals surface area contributed by atoms with E-state index in [1.54, 1.807) is 0 Å². The zero-order chi connectivity index (χ0) is 43.4. The van der Waals surface area contributed by atoms with Gasteiger partial charge in [0.05, 0.1) is 22.2 Å². The van der Waals surface area contributed by atoms with Crippen LogP contribution in [-0.4, -0.2) is 15.8 Å². The number of para-hydroxylation sites is 2. The summed E-state index contributed by atoms with van der Waals surface area (Å²) >= 11 is 1.93. The molecule has 5 heteroatoms. The summed E-state index contributed by atoms with van der Waals surface area (Å²) in [6.07, 6.45) is 0. The minimum atomic E-state index is -0.0140. The van der Waals surface area contributed by atoms with Crippen molar-refractivity contribution >= 4 is 126 Å². The number of fused-ring (bicyclic) bond motifs is 8. The third-order valence-electron chi connectivity index (χ3n) is 15.3. The van der Waals surface area contributed by atoms with Gasteiger partial charge in [-0.3, -0.25) is 0 Å². The molecule has 0 fully saturated rings. The van der Waals surface area contributed by atoms with Gasteiger partial charge in [0.1, 0.15) is 0 Å². The van der Waals surface area contributed by atoms with Crippen LogP contribution < -0.4 is 21.3 Å². The van der Waals surface area contributed by atoms with Crippen molar-refractivity contribution in [1.82, 2.24) is 9.13 Å². The summed E-state index contributed by atoms with van der Waals surface area (Å²) in [6.45, 7) is 14.0. The Kier molecular flexibility index (Phi) is 6.69. The fraction of sp³-hybridized carbons (Fsp3) is 0.133. The molecular weight excluding hydrogens is 806 g/mol. The first-order valence-corrected chi connectivity index (χ1v) is 23.9. The van der Waals surface area contributed by atoms with E-state index in [1.807, 2.05) is 11.3 Å². The quantitative estimate of drug-likeness (QED) is 0.158. The molecule has 3 nitrogen and oxygen atoms in total. The van der Waals surface area contributed by atoms with Crippen LogP contribution in [0.3, 0.4) is 0 Å². The first kappa shape index (κ1) is 36.3. The van der Waals surface area contributed by atoms with Gasteiger partial charge in [0, 0.05) is 70.0 Å². The molecule has 0 atom stereocenters. The maximum absolute atomic E-state index is 2.61. The lowest BCUT2D eigenvalue weighted by Gasteiger charge is -2.41. The molecule has 12 aromatic rings. The van der Waals surface area contributed by atoms with Crippen LogP contribution in [0.15, 0.2) is 158 Å². The molecule has 1 aliphatic carbocycles. The molecule has 3 aliphatic rings. The molecule has 0 amide bonds. The second-order valence-electron chi connectivity index (χ2n) is 20.9. The molecule has 0 bridgehead atoms. The van der Waals surface area contributed by atoms with Crippen LogP contribution in [0.1, 0.15) is 52.7 Å². The van der Waals surface area contributed by atoms with Crippen molar-refractivity contribution in [2.75, 3.05) is 4.90 Å². The Balaban J connectivity index is 1.13. The number of benzene rings is 9. The summed E-state index contributed by atoms with van der Waals surface area (Å²) in [6, 6.07) is 61.2. The van der Waals surface area contributed by atoms with E-state index in [0.29, 0.717) is 0 Å². The van der Waals surface area contributed by atoms with E-state index in [9.17, 15) is 0 Å². The predicted molar refractivity (Wildman–Crippen MR) is 281 cm³/mol. The molecule has 0 spiro atoms. The van der Waals surface area contributed by atoms with Gasteiger partial charge < -0.3 is 14.0 Å². The molecule has 0 saturated carbocycles. The van der Waals surface area contributed by atoms with Crippen molar-refractivity contribution in [1.29, 1.82) is 0 Å². The Morgan fingerprint density at radius 1 is 0.431 bits per heavy atom. The smallest absolute Gasteiger partial charge is 0.252 e. The first-order chi connectivity index (χ1) is 31.5. The molecule has 0 saturated heterocycles. The Hall–Kier alpha value is -7.08. The Bertz CT molecular complexity index is 4150. The fourth-order valence-corrected chi connectivity index (χ4v) is 13.5. The summed E-state index contributed by atoms with van der Waals surface area (Å²) in [5.41, 5.74) is 20.6. The largest absolute Gasteiger partial charge is 0.311 e. The van der Waals surface area contributed by atoms with E-state index in [2.05, 4.69) is 213 Å². The first-order valence-electron chi connectivity index (χ1n) is 23.1. The highest BCUT2D eigenvalue weighted by atomic mass is 32.1. The average Bonchev–Trinajstić information content (AvgIpc) is 3.94. The number of hydrogen-bond acceptors (Lipinski definition) is 2. The van der Waals surface area contributed by atoms with Gasteiger partial charge in [-0.05, 0) is 121 Å². The molecule has 2 aliphatic heterocycles. The highest BCUT2D eigenvalue weighted by molar-refractivity contribution is 7.26. The zero-order valence-corrected chi connectivity index (χ0v) is 38.2. The number of hydrogen-bond donors (Lipinski definition) is 0. The lowest BCUT2D eigenvalue weighted by molar-refractivity contribution is 0.590. The van der Waals surface area contributed by atoms with Gasteiger partial charge in [-0.2, -0.15) is 0 Å². The summed E-state index contributed by atoms with van der Waals surface area (Å²) in [5.74, 6) is 0. The third-order valence-corrected chi connectivity index (χ3v) is 16.4. The van der Waals surface area contributed by atoms with E-state index in [1.165, 1.54) is 142 Å². The molecule has 65 heavy (non-hydrogen) atoms. The maximum Gasteiger partial charge on any atom is 0.252 e. The maximum atomic E-state index is 2.61. The highest BCUT2D eigenvalue weighted by Gasteiger charge is 2.43. The Labute approximate surface area is 381 Å². The van der Waals surface area contributed by atoms with Crippen molar-refractivity contribution in [2.45, 2.75) is 52.4 Å². The number of aromatic nitrogens is 2. The van der Waals surface area contributed by atoms with E-state index in [4.69, 9.17) is 0 Å². The second kappa shape index (κ2) is 12.0. The molecule has 308 valence electrons. The standard InChI is InChI=1S/C60H44BN3S/c1-59(2,3)34-21-24-36(25-22-34)62-45-27-23-35(60(4,5)6)30-43(45)61-42-17-10-16-41-38-13-7-8-18-44(38)64(58(41)42)49-32-37(31-48(62)57(49)61)63-46-26-20-33-12-9-14-39-40-15-11-19-50-53(40)56-51(65-50)29-28-47(63)55(56)54(46)52(33)39/h7-32H,1-6H3. The van der Waals surface area contributed by atoms with Crippen molar-refractivity contribution in [3.63, 3.8) is 0 Å². The van der Waals surface area contributed by atoms with E-state index < -0.39 is 0 Å². The van der Waals surface area contributed by atoms with E-state index in [-0.39, 0.29) is 17.5 Å². The minimum Gasteiger partial charge on any atom is -0.311 e. The number of nitrogens with zero attached hydrogens (tertiary/aromatic N) is 3. The second-order valence-corrected chi connectivity index (χ2v) is 22.0. The van der Waals surface area contributed by atoms with Crippen LogP contribution in [-0.2, 0) is 10.8 Å². The van der Waals surface area contributed by atoms with Crippen LogP contribution in [0.4, 0.5) is 17.1 Å². The van der Waals surface area contributed by atoms with Crippen molar-refractivity contribution in [2.24, 2.45) is 0 Å². The van der Waals surface area contributed by atoms with Crippen LogP contribution in [0, 0.1) is 0 Å². The van der Waals surface area contributed by atoms with E-state index >= 15 is 0 Å². The minimum absolute atomic E-state index is 0.0140. The zero-order valence-electron chi connectivity index (χ0n) is 37.3. The Morgan fingerprint density at radius 2 is 1.11 bits per heavy atom. The average molecular weight is 850 g/mol. The van der Waals surface area contributed by atoms with E-state index in [0.717, 1.165) is 0 Å². The van der Waals surface area contributed by atoms with Gasteiger partial charge in [0.25, 0.3) is 6.71 Å². The normalized spacial score (nSPS) is 13.9. The van der Waals surface area contributed by atoms with Gasteiger partial charge in [-0.15, -0.1) is 11.3 Å². The third kappa shape index (κ3) is 4.52. The van der Waals surface area contributed by atoms with Crippen LogP contribution >= 0.6 is 11.3 Å². The monoisotopic (exact) mass is 849 g/mol. The molecule has 0 unspecified atom stereocenters. The van der Waals surface area contributed by atoms with Gasteiger partial charge in [-0.25, -0.2) is 0 Å². The van der Waals surface area contributed by atoms with Gasteiger partial charge in [0.15, 0.2) is 0 Å². The van der Waals surface area contributed by atoms with Crippen LogP contribution in [0.5, 0.6) is 0 Å². The topological polar surface area (TPSA) is 13.1 Å². The molecule has 3 aromatic heterocycles. The summed E-state index contributed by atoms with van der Waals surface area (Å²) < 4.78 is 7.91. The summed E-state index contributed by atoms with van der Waals surface area (Å²) in [7, 11) is 0. The molecular formula is C60H44BN3S. The van der Waals surface area contributed by atoms with Gasteiger partial charge >= 0.3 is 0 Å². The van der Waals surface area contributed by atoms with Crippen molar-refractivity contribution in [3.05, 3.63) is 169 Å². The van der Waals surface area contributed by atoms with Gasteiger partial charge in [0.2, 0.25) is 0 Å². The number of thiophene rings is 1. The van der Waals surface area contributed by atoms with Crippen molar-refractivity contribution < 1.29 is 0 Å².